The molecule has 0 heterocycles. The topological polar surface area (TPSA) is 77.1 Å². The molecular formula is C17H33O6-. The average Bonchev–Trinajstić information content (AvgIpc) is 2.37. The molecule has 0 aliphatic heterocycles. The monoisotopic (exact) mass is 333 g/mol. The summed E-state index contributed by atoms with van der Waals surface area (Å²) in [6, 6.07) is 0. The molecule has 0 saturated heterocycles. The molecule has 6 nitrogen and oxygen atoms in total. The fraction of sp³-hybridized carbons (Fsp3) is 0.941. The van der Waals surface area contributed by atoms with Crippen LogP contribution in [0, 0.1) is 5.92 Å². The van der Waals surface area contributed by atoms with E-state index < -0.39 is 28.9 Å². The molecule has 0 aromatic carbocycles. The lowest BCUT2D eigenvalue weighted by Gasteiger charge is -2.40. The maximum Gasteiger partial charge on any atom is 0.241 e. The van der Waals surface area contributed by atoms with Crippen molar-refractivity contribution in [3.63, 3.8) is 0 Å². The van der Waals surface area contributed by atoms with Gasteiger partial charge in [-0.05, 0) is 48.0 Å². The molecular weight excluding hydrogens is 300 g/mol. The molecule has 0 bridgehead atoms. The van der Waals surface area contributed by atoms with Gasteiger partial charge < -0.3 is 9.90 Å². The van der Waals surface area contributed by atoms with Crippen LogP contribution in [0.3, 0.4) is 0 Å². The Balaban J connectivity index is 5.56. The number of carbonyl (C=O) groups is 1. The summed E-state index contributed by atoms with van der Waals surface area (Å²) in [6.07, 6.45) is 1.91. The van der Waals surface area contributed by atoms with E-state index in [1.165, 1.54) is 0 Å². The lowest BCUT2D eigenvalue weighted by atomic mass is 9.90. The number of hydrogen-bond donors (Lipinski definition) is 0. The predicted molar refractivity (Wildman–Crippen MR) is 84.9 cm³/mol. The van der Waals surface area contributed by atoms with Crippen molar-refractivity contribution < 1.29 is 29.5 Å². The van der Waals surface area contributed by atoms with Gasteiger partial charge >= 0.3 is 0 Å². The molecule has 0 fully saturated rings. The zero-order valence-corrected chi connectivity index (χ0v) is 15.9. The Hall–Kier alpha value is -0.690. The molecule has 0 aliphatic rings. The van der Waals surface area contributed by atoms with Gasteiger partial charge in [0.05, 0.1) is 23.1 Å². The molecule has 23 heavy (non-hydrogen) atoms. The minimum absolute atomic E-state index is 0.303. The quantitative estimate of drug-likeness (QED) is 0.347. The van der Waals surface area contributed by atoms with E-state index >= 15 is 0 Å². The van der Waals surface area contributed by atoms with E-state index in [9.17, 15) is 9.90 Å². The van der Waals surface area contributed by atoms with E-state index in [0.717, 1.165) is 0 Å². The van der Waals surface area contributed by atoms with Crippen molar-refractivity contribution in [2.45, 2.75) is 98.1 Å². The smallest absolute Gasteiger partial charge is 0.241 e. The van der Waals surface area contributed by atoms with Crippen LogP contribution in [-0.4, -0.2) is 23.0 Å². The summed E-state index contributed by atoms with van der Waals surface area (Å²) in [6.45, 7) is 14.6. The van der Waals surface area contributed by atoms with Gasteiger partial charge in [0.15, 0.2) is 0 Å². The summed E-state index contributed by atoms with van der Waals surface area (Å²) in [4.78, 5) is 33.5. The van der Waals surface area contributed by atoms with E-state index in [4.69, 9.17) is 19.6 Å². The van der Waals surface area contributed by atoms with Crippen molar-refractivity contribution in [3.8, 4) is 0 Å². The third-order valence-corrected chi connectivity index (χ3v) is 2.86. The summed E-state index contributed by atoms with van der Waals surface area (Å²) < 4.78 is 0. The van der Waals surface area contributed by atoms with Gasteiger partial charge in [-0.1, -0.05) is 26.7 Å². The second-order valence-electron chi connectivity index (χ2n) is 7.78. The molecule has 0 aromatic rings. The number of rotatable bonds is 10. The van der Waals surface area contributed by atoms with Crippen LogP contribution in [0.5, 0.6) is 0 Å². The van der Waals surface area contributed by atoms with E-state index in [1.807, 2.05) is 55.4 Å². The van der Waals surface area contributed by atoms with Crippen LogP contribution in [0.1, 0.15) is 81.1 Å². The highest BCUT2D eigenvalue weighted by molar-refractivity contribution is 5.68. The molecule has 0 amide bonds. The highest BCUT2D eigenvalue weighted by Crippen LogP contribution is 2.35. The first-order valence-corrected chi connectivity index (χ1v) is 8.31. The average molecular weight is 333 g/mol. The van der Waals surface area contributed by atoms with Gasteiger partial charge in [0.25, 0.3) is 0 Å². The van der Waals surface area contributed by atoms with E-state index in [1.54, 1.807) is 0 Å². The first kappa shape index (κ1) is 22.3. The van der Waals surface area contributed by atoms with Gasteiger partial charge in [-0.3, -0.25) is 0 Å². The number of carboxylic acid groups (broad SMARTS) is 1. The van der Waals surface area contributed by atoms with Crippen molar-refractivity contribution in [2.75, 3.05) is 0 Å². The van der Waals surface area contributed by atoms with E-state index in [2.05, 4.69) is 0 Å². The van der Waals surface area contributed by atoms with Crippen LogP contribution < -0.4 is 5.11 Å². The minimum Gasteiger partial charge on any atom is -0.550 e. The Labute approximate surface area is 140 Å². The molecule has 138 valence electrons. The highest BCUT2D eigenvalue weighted by atomic mass is 17.3. The number of aliphatic carboxylic acids is 1. The lowest BCUT2D eigenvalue weighted by molar-refractivity contribution is -0.553. The first-order valence-electron chi connectivity index (χ1n) is 8.31. The van der Waals surface area contributed by atoms with Crippen LogP contribution in [0.4, 0.5) is 0 Å². The lowest BCUT2D eigenvalue weighted by Crippen LogP contribution is -2.53. The molecule has 0 aliphatic carbocycles. The third-order valence-electron chi connectivity index (χ3n) is 2.86. The van der Waals surface area contributed by atoms with Crippen molar-refractivity contribution in [1.82, 2.24) is 0 Å². The van der Waals surface area contributed by atoms with E-state index in [0.29, 0.717) is 25.7 Å². The zero-order chi connectivity index (χ0) is 18.3. The molecule has 0 N–H and O–H groups in total. The molecule has 1 atom stereocenters. The first-order chi connectivity index (χ1) is 10.4. The fourth-order valence-corrected chi connectivity index (χ4v) is 1.93. The zero-order valence-electron chi connectivity index (χ0n) is 15.9. The molecule has 0 saturated carbocycles. The Morgan fingerprint density at radius 3 is 1.57 bits per heavy atom. The van der Waals surface area contributed by atoms with Gasteiger partial charge in [0, 0.05) is 6.42 Å². The normalized spacial score (nSPS) is 14.8. The standard InChI is InChI=1S/C17H34O6/c1-9-11-13(14(18)19)17(12-10-2,22-20-15(3,4)5)23-21-16(6,7)8/h13H,9-12H2,1-8H3,(H,18,19)/p-1. The summed E-state index contributed by atoms with van der Waals surface area (Å²) in [5, 5.41) is 11.7. The molecule has 0 spiro atoms. The minimum atomic E-state index is -1.55. The maximum absolute atomic E-state index is 11.7. The summed E-state index contributed by atoms with van der Waals surface area (Å²) in [7, 11) is 0. The maximum atomic E-state index is 11.7. The Kier molecular flexibility index (Phi) is 8.70. The van der Waals surface area contributed by atoms with Crippen molar-refractivity contribution in [1.29, 1.82) is 0 Å². The molecule has 0 rings (SSSR count). The molecule has 1 unspecified atom stereocenters. The van der Waals surface area contributed by atoms with Crippen LogP contribution >= 0.6 is 0 Å². The van der Waals surface area contributed by atoms with E-state index in [-0.39, 0.29) is 0 Å². The second kappa shape index (κ2) is 8.97. The van der Waals surface area contributed by atoms with Crippen molar-refractivity contribution in [2.24, 2.45) is 5.92 Å². The van der Waals surface area contributed by atoms with Crippen LogP contribution in [-0.2, 0) is 24.3 Å². The van der Waals surface area contributed by atoms with Gasteiger partial charge in [-0.15, -0.1) is 0 Å². The van der Waals surface area contributed by atoms with Crippen LogP contribution in [0.25, 0.3) is 0 Å². The van der Waals surface area contributed by atoms with Gasteiger partial charge in [0.2, 0.25) is 5.79 Å². The number of carbonyl (C=O) groups excluding carboxylic acids is 1. The summed E-state index contributed by atoms with van der Waals surface area (Å²) in [5.74, 6) is -3.79. The number of carboxylic acids is 1. The van der Waals surface area contributed by atoms with Gasteiger partial charge in [-0.2, -0.15) is 9.78 Å². The largest absolute Gasteiger partial charge is 0.550 e. The summed E-state index contributed by atoms with van der Waals surface area (Å²) in [5.41, 5.74) is -1.24. The van der Waals surface area contributed by atoms with Crippen molar-refractivity contribution >= 4 is 5.97 Å². The highest BCUT2D eigenvalue weighted by Gasteiger charge is 2.46. The molecule has 0 aromatic heterocycles. The van der Waals surface area contributed by atoms with Gasteiger partial charge in [0.1, 0.15) is 0 Å². The fourth-order valence-electron chi connectivity index (χ4n) is 1.93. The SMILES string of the molecule is CCCC(C(=O)[O-])C(CCC)(OOC(C)(C)C)OOC(C)(C)C. The van der Waals surface area contributed by atoms with Crippen molar-refractivity contribution in [3.05, 3.63) is 0 Å². The van der Waals surface area contributed by atoms with Gasteiger partial charge in [-0.25, -0.2) is 9.78 Å². The number of hydrogen-bond acceptors (Lipinski definition) is 6. The third kappa shape index (κ3) is 8.65. The Morgan fingerprint density at radius 1 is 0.870 bits per heavy atom. The predicted octanol–water partition coefficient (Wildman–Crippen LogP) is 3.14. The summed E-state index contributed by atoms with van der Waals surface area (Å²) >= 11 is 0. The van der Waals surface area contributed by atoms with Crippen LogP contribution in [0.2, 0.25) is 0 Å². The van der Waals surface area contributed by atoms with Crippen LogP contribution in [0.15, 0.2) is 0 Å². The molecule has 6 heteroatoms. The Bertz CT molecular complexity index is 335. The second-order valence-corrected chi connectivity index (χ2v) is 7.78. The Morgan fingerprint density at radius 2 is 1.30 bits per heavy atom. The molecule has 0 radical (unpaired) electrons.